The van der Waals surface area contributed by atoms with Crippen LogP contribution in [0.2, 0.25) is 5.02 Å². The molecule has 1 aromatic carbocycles. The smallest absolute Gasteiger partial charge is 0.137 e. The summed E-state index contributed by atoms with van der Waals surface area (Å²) in [6, 6.07) is 7.24. The Morgan fingerprint density at radius 2 is 2.18 bits per heavy atom. The van der Waals surface area contributed by atoms with Crippen LogP contribution in [0.4, 0.5) is 0 Å². The molecule has 0 aliphatic rings. The molecule has 0 amide bonds. The number of rotatable bonds is 4. The maximum atomic E-state index is 10.3. The average Bonchev–Trinajstić information content (AvgIpc) is 2.70. The number of aliphatic hydroxyl groups is 1. The van der Waals surface area contributed by atoms with Gasteiger partial charge in [0.1, 0.15) is 16.9 Å². The van der Waals surface area contributed by atoms with Gasteiger partial charge in [-0.25, -0.2) is 0 Å². The van der Waals surface area contributed by atoms with Crippen molar-refractivity contribution in [2.24, 2.45) is 0 Å². The van der Waals surface area contributed by atoms with Crippen LogP contribution in [0.5, 0.6) is 0 Å². The third-order valence-corrected chi connectivity index (χ3v) is 2.96. The highest BCUT2D eigenvalue weighted by molar-refractivity contribution is 6.31. The summed E-state index contributed by atoms with van der Waals surface area (Å²) in [5, 5.41) is 15.0. The van der Waals surface area contributed by atoms with Crippen molar-refractivity contribution in [2.45, 2.75) is 19.4 Å². The van der Waals surface area contributed by atoms with Gasteiger partial charge in [-0.05, 0) is 37.7 Å². The predicted molar refractivity (Wildman–Crippen MR) is 69.3 cm³/mol. The van der Waals surface area contributed by atoms with Crippen LogP contribution in [0.1, 0.15) is 19.6 Å². The molecule has 0 radical (unpaired) electrons. The first-order valence-electron chi connectivity index (χ1n) is 5.65. The van der Waals surface area contributed by atoms with Crippen molar-refractivity contribution in [1.82, 2.24) is 5.32 Å². The number of nitrogens with one attached hydrogen (secondary N) is 1. The Bertz CT molecular complexity index is 519. The summed E-state index contributed by atoms with van der Waals surface area (Å²) in [5.41, 5.74) is -0.275. The number of likely N-dealkylation sites (N-methyl/N-ethyl adjacent to an activating group) is 1. The fourth-order valence-electron chi connectivity index (χ4n) is 1.74. The highest BCUT2D eigenvalue weighted by atomic mass is 35.5. The fraction of sp³-hybridized carbons (Fsp3) is 0.385. The zero-order valence-corrected chi connectivity index (χ0v) is 10.7. The van der Waals surface area contributed by atoms with Crippen molar-refractivity contribution in [2.75, 3.05) is 13.1 Å². The maximum Gasteiger partial charge on any atom is 0.137 e. The zero-order chi connectivity index (χ0) is 12.5. The van der Waals surface area contributed by atoms with Crippen molar-refractivity contribution in [3.63, 3.8) is 0 Å². The monoisotopic (exact) mass is 253 g/mol. The van der Waals surface area contributed by atoms with Gasteiger partial charge in [-0.3, -0.25) is 0 Å². The molecule has 0 aliphatic heterocycles. The van der Waals surface area contributed by atoms with E-state index in [1.54, 1.807) is 13.0 Å². The molecule has 0 saturated heterocycles. The van der Waals surface area contributed by atoms with E-state index >= 15 is 0 Å². The average molecular weight is 254 g/mol. The van der Waals surface area contributed by atoms with Crippen LogP contribution in [0, 0.1) is 0 Å². The van der Waals surface area contributed by atoms with Crippen molar-refractivity contribution in [3.8, 4) is 0 Å². The number of hydrogen-bond acceptors (Lipinski definition) is 3. The number of halogens is 1. The molecule has 2 rings (SSSR count). The molecule has 2 N–H and O–H groups in total. The van der Waals surface area contributed by atoms with E-state index in [1.807, 2.05) is 25.1 Å². The van der Waals surface area contributed by atoms with E-state index in [-0.39, 0.29) is 0 Å². The Balaban J connectivity index is 2.35. The van der Waals surface area contributed by atoms with Crippen LogP contribution in [0.25, 0.3) is 11.0 Å². The van der Waals surface area contributed by atoms with Crippen molar-refractivity contribution < 1.29 is 9.52 Å². The van der Waals surface area contributed by atoms with E-state index in [1.165, 1.54) is 0 Å². The van der Waals surface area contributed by atoms with Gasteiger partial charge < -0.3 is 14.8 Å². The summed E-state index contributed by atoms with van der Waals surface area (Å²) in [7, 11) is 0. The number of hydrogen-bond donors (Lipinski definition) is 2. The predicted octanol–water partition coefficient (Wildman–Crippen LogP) is 2.90. The van der Waals surface area contributed by atoms with Gasteiger partial charge in [0, 0.05) is 17.0 Å². The Morgan fingerprint density at radius 1 is 1.41 bits per heavy atom. The molecule has 1 atom stereocenters. The number of furan rings is 1. The van der Waals surface area contributed by atoms with Gasteiger partial charge in [0.2, 0.25) is 0 Å². The number of fused-ring (bicyclic) bond motifs is 1. The van der Waals surface area contributed by atoms with Gasteiger partial charge in [0.25, 0.3) is 0 Å². The second kappa shape index (κ2) is 4.69. The van der Waals surface area contributed by atoms with E-state index in [9.17, 15) is 5.11 Å². The topological polar surface area (TPSA) is 45.4 Å². The second-order valence-corrected chi connectivity index (χ2v) is 4.78. The van der Waals surface area contributed by atoms with Gasteiger partial charge >= 0.3 is 0 Å². The molecule has 0 saturated carbocycles. The van der Waals surface area contributed by atoms with E-state index in [2.05, 4.69) is 5.32 Å². The van der Waals surface area contributed by atoms with Gasteiger partial charge in [-0.1, -0.05) is 18.5 Å². The first-order chi connectivity index (χ1) is 8.03. The standard InChI is InChI=1S/C13H16ClNO2/c1-3-15-8-13(2,16)12-7-9-6-10(14)4-5-11(9)17-12/h4-7,15-16H,3,8H2,1-2H3. The summed E-state index contributed by atoms with van der Waals surface area (Å²) in [6.07, 6.45) is 0. The summed E-state index contributed by atoms with van der Waals surface area (Å²) >= 11 is 5.91. The molecule has 1 aromatic heterocycles. The molecule has 1 heterocycles. The van der Waals surface area contributed by atoms with Crippen molar-refractivity contribution in [1.29, 1.82) is 0 Å². The summed E-state index contributed by atoms with van der Waals surface area (Å²) in [6.45, 7) is 4.99. The summed E-state index contributed by atoms with van der Waals surface area (Å²) in [5.74, 6) is 0.552. The molecule has 3 nitrogen and oxygen atoms in total. The first-order valence-corrected chi connectivity index (χ1v) is 6.03. The minimum atomic E-state index is -1.01. The van der Waals surface area contributed by atoms with E-state index in [0.29, 0.717) is 17.3 Å². The molecule has 0 aliphatic carbocycles. The fourth-order valence-corrected chi connectivity index (χ4v) is 1.92. The summed E-state index contributed by atoms with van der Waals surface area (Å²) < 4.78 is 5.64. The molecule has 0 bridgehead atoms. The molecule has 1 unspecified atom stereocenters. The third-order valence-electron chi connectivity index (χ3n) is 2.73. The lowest BCUT2D eigenvalue weighted by Gasteiger charge is -2.20. The highest BCUT2D eigenvalue weighted by Crippen LogP contribution is 2.29. The third kappa shape index (κ3) is 2.63. The van der Waals surface area contributed by atoms with Crippen LogP contribution in [0.3, 0.4) is 0 Å². The van der Waals surface area contributed by atoms with Crippen molar-refractivity contribution in [3.05, 3.63) is 35.0 Å². The first kappa shape index (κ1) is 12.4. The Kier molecular flexibility index (Phi) is 3.43. The van der Waals surface area contributed by atoms with Gasteiger partial charge in [0.05, 0.1) is 0 Å². The molecule has 4 heteroatoms. The SMILES string of the molecule is CCNCC(C)(O)c1cc2cc(Cl)ccc2o1. The normalized spacial score (nSPS) is 15.1. The zero-order valence-electron chi connectivity index (χ0n) is 9.96. The lowest BCUT2D eigenvalue weighted by molar-refractivity contribution is 0.0364. The Labute approximate surface area is 105 Å². The molecule has 0 spiro atoms. The lowest BCUT2D eigenvalue weighted by atomic mass is 10.0. The van der Waals surface area contributed by atoms with E-state index in [4.69, 9.17) is 16.0 Å². The molecule has 0 fully saturated rings. The van der Waals surface area contributed by atoms with Crippen LogP contribution in [-0.4, -0.2) is 18.2 Å². The lowest BCUT2D eigenvalue weighted by Crippen LogP contribution is -2.34. The van der Waals surface area contributed by atoms with Gasteiger partial charge in [-0.15, -0.1) is 0 Å². The number of benzene rings is 1. The minimum absolute atomic E-state index is 0.455. The van der Waals surface area contributed by atoms with Crippen LogP contribution in [0.15, 0.2) is 28.7 Å². The molecular weight excluding hydrogens is 238 g/mol. The molecule has 92 valence electrons. The van der Waals surface area contributed by atoms with Gasteiger partial charge in [0.15, 0.2) is 0 Å². The van der Waals surface area contributed by atoms with Crippen molar-refractivity contribution >= 4 is 22.6 Å². The Hall–Kier alpha value is -1.03. The highest BCUT2D eigenvalue weighted by Gasteiger charge is 2.26. The van der Waals surface area contributed by atoms with Crippen LogP contribution in [-0.2, 0) is 5.60 Å². The molecule has 17 heavy (non-hydrogen) atoms. The van der Waals surface area contributed by atoms with Crippen LogP contribution >= 0.6 is 11.6 Å². The minimum Gasteiger partial charge on any atom is -0.458 e. The molecule has 2 aromatic rings. The van der Waals surface area contributed by atoms with E-state index < -0.39 is 5.60 Å². The van der Waals surface area contributed by atoms with Gasteiger partial charge in [-0.2, -0.15) is 0 Å². The second-order valence-electron chi connectivity index (χ2n) is 4.35. The summed E-state index contributed by atoms with van der Waals surface area (Å²) in [4.78, 5) is 0. The largest absolute Gasteiger partial charge is 0.458 e. The van der Waals surface area contributed by atoms with Crippen LogP contribution < -0.4 is 5.32 Å². The van der Waals surface area contributed by atoms with E-state index in [0.717, 1.165) is 17.5 Å². The molecular formula is C13H16ClNO2. The quantitative estimate of drug-likeness (QED) is 0.881. The Morgan fingerprint density at radius 3 is 2.88 bits per heavy atom. The maximum absolute atomic E-state index is 10.3.